The molecule has 0 amide bonds. The third-order valence-corrected chi connectivity index (χ3v) is 6.88. The highest BCUT2D eigenvalue weighted by Gasteiger charge is 2.65. The van der Waals surface area contributed by atoms with E-state index in [1.807, 2.05) is 0 Å². The standard InChI is InChI=1S/C16H30N2/c1-15(2)14(16(15,3)4)10-18-12-6-5-7-13(18)9-11(17)8-12/h11-14H,5-10,17H2,1-4H3. The summed E-state index contributed by atoms with van der Waals surface area (Å²) in [7, 11) is 0. The van der Waals surface area contributed by atoms with Crippen molar-refractivity contribution in [2.45, 2.75) is 77.9 Å². The molecule has 0 radical (unpaired) electrons. The summed E-state index contributed by atoms with van der Waals surface area (Å²) in [5.74, 6) is 0.877. The summed E-state index contributed by atoms with van der Waals surface area (Å²) >= 11 is 0. The minimum atomic E-state index is 0.469. The number of nitrogens with zero attached hydrogens (tertiary/aromatic N) is 1. The lowest BCUT2D eigenvalue weighted by atomic mass is 9.81. The zero-order valence-electron chi connectivity index (χ0n) is 12.6. The molecular formula is C16H30N2. The Bertz CT molecular complexity index is 306. The van der Waals surface area contributed by atoms with E-state index in [0.29, 0.717) is 16.9 Å². The van der Waals surface area contributed by atoms with Gasteiger partial charge < -0.3 is 5.73 Å². The lowest BCUT2D eigenvalue weighted by Crippen LogP contribution is -2.56. The zero-order valence-corrected chi connectivity index (χ0v) is 12.6. The average Bonchev–Trinajstić information content (AvgIpc) is 2.61. The molecule has 2 heteroatoms. The maximum absolute atomic E-state index is 6.21. The second-order valence-electron chi connectivity index (χ2n) is 8.16. The minimum Gasteiger partial charge on any atom is -0.328 e. The summed E-state index contributed by atoms with van der Waals surface area (Å²) in [5.41, 5.74) is 7.27. The summed E-state index contributed by atoms with van der Waals surface area (Å²) in [6.45, 7) is 11.1. The minimum absolute atomic E-state index is 0.469. The Balaban J connectivity index is 1.70. The SMILES string of the molecule is CC1(C)C(CN2C3CCCC2CC(N)C3)C1(C)C. The molecule has 1 aliphatic carbocycles. The Labute approximate surface area is 112 Å². The van der Waals surface area contributed by atoms with Crippen molar-refractivity contribution in [3.05, 3.63) is 0 Å². The van der Waals surface area contributed by atoms with E-state index in [2.05, 4.69) is 32.6 Å². The number of hydrogen-bond acceptors (Lipinski definition) is 2. The largest absolute Gasteiger partial charge is 0.328 e. The molecule has 18 heavy (non-hydrogen) atoms. The van der Waals surface area contributed by atoms with Crippen LogP contribution in [0.25, 0.3) is 0 Å². The van der Waals surface area contributed by atoms with Crippen LogP contribution in [0.2, 0.25) is 0 Å². The summed E-state index contributed by atoms with van der Waals surface area (Å²) in [6.07, 6.45) is 6.68. The van der Waals surface area contributed by atoms with Crippen LogP contribution < -0.4 is 5.73 Å². The van der Waals surface area contributed by atoms with E-state index >= 15 is 0 Å². The van der Waals surface area contributed by atoms with Gasteiger partial charge in [-0.3, -0.25) is 4.90 Å². The molecule has 2 heterocycles. The maximum atomic E-state index is 6.21. The summed E-state index contributed by atoms with van der Waals surface area (Å²) in [5, 5.41) is 0. The van der Waals surface area contributed by atoms with E-state index in [-0.39, 0.29) is 0 Å². The van der Waals surface area contributed by atoms with Gasteiger partial charge in [-0.15, -0.1) is 0 Å². The molecule has 2 N–H and O–H groups in total. The van der Waals surface area contributed by atoms with Crippen LogP contribution >= 0.6 is 0 Å². The van der Waals surface area contributed by atoms with Gasteiger partial charge in [0.25, 0.3) is 0 Å². The predicted octanol–water partition coefficient (Wildman–Crippen LogP) is 3.01. The fourth-order valence-corrected chi connectivity index (χ4v) is 4.82. The molecule has 2 saturated heterocycles. The Kier molecular flexibility index (Phi) is 2.84. The molecule has 3 aliphatic rings. The van der Waals surface area contributed by atoms with Crippen LogP contribution in [0.3, 0.4) is 0 Å². The molecule has 2 unspecified atom stereocenters. The van der Waals surface area contributed by atoms with E-state index < -0.39 is 0 Å². The Morgan fingerprint density at radius 3 is 1.94 bits per heavy atom. The van der Waals surface area contributed by atoms with Gasteiger partial charge in [-0.05, 0) is 42.4 Å². The van der Waals surface area contributed by atoms with Crippen molar-refractivity contribution in [2.24, 2.45) is 22.5 Å². The first-order valence-corrected chi connectivity index (χ1v) is 7.85. The number of hydrogen-bond donors (Lipinski definition) is 1. The molecule has 2 atom stereocenters. The summed E-state index contributed by atoms with van der Waals surface area (Å²) in [6, 6.07) is 2.05. The molecule has 0 aromatic rings. The first-order chi connectivity index (χ1) is 8.34. The molecule has 2 bridgehead atoms. The lowest BCUT2D eigenvalue weighted by Gasteiger charge is -2.48. The van der Waals surface area contributed by atoms with Gasteiger partial charge in [-0.2, -0.15) is 0 Å². The number of nitrogens with two attached hydrogens (primary N) is 1. The van der Waals surface area contributed by atoms with Crippen molar-refractivity contribution < 1.29 is 0 Å². The third-order valence-electron chi connectivity index (χ3n) is 6.88. The van der Waals surface area contributed by atoms with E-state index in [9.17, 15) is 0 Å². The van der Waals surface area contributed by atoms with E-state index in [1.165, 1.54) is 38.6 Å². The van der Waals surface area contributed by atoms with Gasteiger partial charge in [-0.1, -0.05) is 34.1 Å². The van der Waals surface area contributed by atoms with Gasteiger partial charge >= 0.3 is 0 Å². The second-order valence-corrected chi connectivity index (χ2v) is 8.16. The van der Waals surface area contributed by atoms with Gasteiger partial charge in [0.1, 0.15) is 0 Å². The van der Waals surface area contributed by atoms with Crippen molar-refractivity contribution in [2.75, 3.05) is 6.54 Å². The van der Waals surface area contributed by atoms with Crippen LogP contribution in [0.1, 0.15) is 59.8 Å². The molecule has 104 valence electrons. The van der Waals surface area contributed by atoms with Gasteiger partial charge in [0, 0.05) is 24.7 Å². The quantitative estimate of drug-likeness (QED) is 0.816. The van der Waals surface area contributed by atoms with Crippen LogP contribution in [0.4, 0.5) is 0 Å². The van der Waals surface area contributed by atoms with Crippen LogP contribution in [0.5, 0.6) is 0 Å². The van der Waals surface area contributed by atoms with Crippen LogP contribution in [0.15, 0.2) is 0 Å². The van der Waals surface area contributed by atoms with Crippen molar-refractivity contribution in [1.29, 1.82) is 0 Å². The van der Waals surface area contributed by atoms with Crippen molar-refractivity contribution >= 4 is 0 Å². The molecule has 3 rings (SSSR count). The lowest BCUT2D eigenvalue weighted by molar-refractivity contribution is 0.0234. The van der Waals surface area contributed by atoms with Crippen LogP contribution in [-0.2, 0) is 0 Å². The van der Waals surface area contributed by atoms with Crippen molar-refractivity contribution in [3.8, 4) is 0 Å². The average molecular weight is 250 g/mol. The first kappa shape index (κ1) is 12.9. The van der Waals surface area contributed by atoms with Gasteiger partial charge in [-0.25, -0.2) is 0 Å². The summed E-state index contributed by atoms with van der Waals surface area (Å²) in [4.78, 5) is 2.84. The van der Waals surface area contributed by atoms with Crippen LogP contribution in [-0.4, -0.2) is 29.6 Å². The Morgan fingerprint density at radius 2 is 1.50 bits per heavy atom. The monoisotopic (exact) mass is 250 g/mol. The van der Waals surface area contributed by atoms with E-state index in [1.54, 1.807) is 0 Å². The number of piperidine rings is 2. The van der Waals surface area contributed by atoms with Crippen molar-refractivity contribution in [3.63, 3.8) is 0 Å². The molecule has 0 aromatic carbocycles. The zero-order chi connectivity index (χ0) is 13.1. The molecular weight excluding hydrogens is 220 g/mol. The van der Waals surface area contributed by atoms with Crippen molar-refractivity contribution in [1.82, 2.24) is 4.90 Å². The highest BCUT2D eigenvalue weighted by molar-refractivity contribution is 5.14. The highest BCUT2D eigenvalue weighted by Crippen LogP contribution is 2.68. The molecule has 0 aromatic heterocycles. The second kappa shape index (κ2) is 3.96. The molecule has 2 aliphatic heterocycles. The maximum Gasteiger partial charge on any atom is 0.0113 e. The molecule has 0 spiro atoms. The van der Waals surface area contributed by atoms with Gasteiger partial charge in [0.05, 0.1) is 0 Å². The Morgan fingerprint density at radius 1 is 1.00 bits per heavy atom. The first-order valence-electron chi connectivity index (χ1n) is 7.85. The molecule has 1 saturated carbocycles. The number of fused-ring (bicyclic) bond motifs is 2. The molecule has 2 nitrogen and oxygen atoms in total. The topological polar surface area (TPSA) is 29.3 Å². The fraction of sp³-hybridized carbons (Fsp3) is 1.00. The number of rotatable bonds is 2. The third kappa shape index (κ3) is 1.76. The summed E-state index contributed by atoms with van der Waals surface area (Å²) < 4.78 is 0. The Hall–Kier alpha value is -0.0800. The predicted molar refractivity (Wildman–Crippen MR) is 76.4 cm³/mol. The van der Waals surface area contributed by atoms with Crippen LogP contribution in [0, 0.1) is 16.7 Å². The van der Waals surface area contributed by atoms with E-state index in [4.69, 9.17) is 5.73 Å². The van der Waals surface area contributed by atoms with Gasteiger partial charge in [0.15, 0.2) is 0 Å². The molecule has 3 fully saturated rings. The fourth-order valence-electron chi connectivity index (χ4n) is 4.82. The van der Waals surface area contributed by atoms with E-state index in [0.717, 1.165) is 18.0 Å². The smallest absolute Gasteiger partial charge is 0.0113 e. The normalized spacial score (nSPS) is 42.8. The highest BCUT2D eigenvalue weighted by atomic mass is 15.2. The van der Waals surface area contributed by atoms with Gasteiger partial charge in [0.2, 0.25) is 0 Å².